The zero-order valence-electron chi connectivity index (χ0n) is 16.5. The summed E-state index contributed by atoms with van der Waals surface area (Å²) in [6, 6.07) is 17.3. The van der Waals surface area contributed by atoms with Crippen molar-refractivity contribution in [2.24, 2.45) is 0 Å². The zero-order valence-corrected chi connectivity index (χ0v) is 16.5. The minimum Gasteiger partial charge on any atom is -0.463 e. The fourth-order valence-electron chi connectivity index (χ4n) is 3.28. The molecule has 0 spiro atoms. The van der Waals surface area contributed by atoms with Crippen LogP contribution in [0, 0.1) is 0 Å². The van der Waals surface area contributed by atoms with Gasteiger partial charge in [0.2, 0.25) is 0 Å². The standard InChI is InChI=1S/C22H21N5O3/c1-2-30-21(28)12-19-22(29)26(20-11-7-6-10-18(20)24-19)15-17-13-23-25-27(17)14-16-8-4-3-5-9-16/h3-13,24H,2,14-15H2,1H3/b19-12+. The van der Waals surface area contributed by atoms with Gasteiger partial charge in [-0.25, -0.2) is 9.48 Å². The summed E-state index contributed by atoms with van der Waals surface area (Å²) in [4.78, 5) is 26.7. The number of rotatable bonds is 6. The number of para-hydroxylation sites is 2. The lowest BCUT2D eigenvalue weighted by molar-refractivity contribution is -0.137. The van der Waals surface area contributed by atoms with Crippen molar-refractivity contribution >= 4 is 23.3 Å². The lowest BCUT2D eigenvalue weighted by Crippen LogP contribution is -2.39. The average molecular weight is 403 g/mol. The number of fused-ring (bicyclic) bond motifs is 1. The molecule has 3 aromatic rings. The van der Waals surface area contributed by atoms with Crippen molar-refractivity contribution in [2.75, 3.05) is 16.8 Å². The summed E-state index contributed by atoms with van der Waals surface area (Å²) in [5, 5.41) is 11.2. The molecule has 0 fully saturated rings. The van der Waals surface area contributed by atoms with Gasteiger partial charge in [-0.15, -0.1) is 5.10 Å². The van der Waals surface area contributed by atoms with E-state index in [9.17, 15) is 9.59 Å². The average Bonchev–Trinajstić information content (AvgIpc) is 3.18. The smallest absolute Gasteiger partial charge is 0.333 e. The summed E-state index contributed by atoms with van der Waals surface area (Å²) in [5.41, 5.74) is 3.47. The molecule has 1 aliphatic heterocycles. The third-order valence-electron chi connectivity index (χ3n) is 4.68. The quantitative estimate of drug-likeness (QED) is 0.503. The SMILES string of the molecule is CCOC(=O)/C=C1/Nc2ccccc2N(Cc2cnnn2Cc2ccccc2)C1=O. The Bertz CT molecular complexity index is 1090. The van der Waals surface area contributed by atoms with Crippen LogP contribution in [-0.4, -0.2) is 33.5 Å². The first kappa shape index (κ1) is 19.4. The topological polar surface area (TPSA) is 89.3 Å². The van der Waals surface area contributed by atoms with Gasteiger partial charge in [0.05, 0.1) is 49.0 Å². The van der Waals surface area contributed by atoms with Gasteiger partial charge in [0.15, 0.2) is 0 Å². The first-order chi connectivity index (χ1) is 14.7. The van der Waals surface area contributed by atoms with E-state index < -0.39 is 5.97 Å². The lowest BCUT2D eigenvalue weighted by atomic mass is 10.1. The van der Waals surface area contributed by atoms with Crippen LogP contribution in [0.5, 0.6) is 0 Å². The Labute approximate surface area is 173 Å². The molecule has 0 saturated carbocycles. The van der Waals surface area contributed by atoms with Gasteiger partial charge in [0.25, 0.3) is 5.91 Å². The summed E-state index contributed by atoms with van der Waals surface area (Å²) in [6.07, 6.45) is 2.84. The van der Waals surface area contributed by atoms with Gasteiger partial charge in [0, 0.05) is 0 Å². The van der Waals surface area contributed by atoms with E-state index in [0.717, 1.165) is 22.6 Å². The van der Waals surface area contributed by atoms with Crippen LogP contribution in [-0.2, 0) is 27.4 Å². The van der Waals surface area contributed by atoms with Gasteiger partial charge in [-0.05, 0) is 24.6 Å². The van der Waals surface area contributed by atoms with E-state index in [2.05, 4.69) is 15.6 Å². The summed E-state index contributed by atoms with van der Waals surface area (Å²) < 4.78 is 6.72. The number of ether oxygens (including phenoxy) is 1. The van der Waals surface area contributed by atoms with Gasteiger partial charge in [-0.1, -0.05) is 47.7 Å². The second-order valence-corrected chi connectivity index (χ2v) is 6.71. The fourth-order valence-corrected chi connectivity index (χ4v) is 3.28. The zero-order chi connectivity index (χ0) is 20.9. The van der Waals surface area contributed by atoms with Crippen molar-refractivity contribution in [3.8, 4) is 0 Å². The maximum Gasteiger partial charge on any atom is 0.333 e. The molecule has 4 rings (SSSR count). The van der Waals surface area contributed by atoms with Crippen LogP contribution in [0.25, 0.3) is 0 Å². The van der Waals surface area contributed by atoms with Crippen molar-refractivity contribution in [1.82, 2.24) is 15.0 Å². The van der Waals surface area contributed by atoms with Crippen molar-refractivity contribution < 1.29 is 14.3 Å². The van der Waals surface area contributed by atoms with Gasteiger partial charge in [-0.2, -0.15) is 0 Å². The molecule has 0 bridgehead atoms. The summed E-state index contributed by atoms with van der Waals surface area (Å²) in [5.74, 6) is -0.891. The maximum atomic E-state index is 13.2. The van der Waals surface area contributed by atoms with Crippen molar-refractivity contribution in [3.63, 3.8) is 0 Å². The predicted molar refractivity (Wildman–Crippen MR) is 112 cm³/mol. The number of amides is 1. The molecule has 0 radical (unpaired) electrons. The van der Waals surface area contributed by atoms with Crippen molar-refractivity contribution in [3.05, 3.63) is 83.8 Å². The number of hydrogen-bond donors (Lipinski definition) is 1. The maximum absolute atomic E-state index is 13.2. The Balaban J connectivity index is 1.64. The summed E-state index contributed by atoms with van der Waals surface area (Å²) in [7, 11) is 0. The molecule has 1 aliphatic rings. The van der Waals surface area contributed by atoms with Crippen LogP contribution in [0.3, 0.4) is 0 Å². The van der Waals surface area contributed by atoms with E-state index in [1.165, 1.54) is 6.08 Å². The Morgan fingerprint density at radius 1 is 1.10 bits per heavy atom. The Morgan fingerprint density at radius 3 is 2.67 bits per heavy atom. The molecule has 1 aromatic heterocycles. The van der Waals surface area contributed by atoms with Crippen LogP contribution in [0.1, 0.15) is 18.2 Å². The summed E-state index contributed by atoms with van der Waals surface area (Å²) in [6.45, 7) is 2.76. The van der Waals surface area contributed by atoms with E-state index >= 15 is 0 Å². The van der Waals surface area contributed by atoms with Crippen molar-refractivity contribution in [2.45, 2.75) is 20.0 Å². The molecule has 1 amide bonds. The highest BCUT2D eigenvalue weighted by Crippen LogP contribution is 2.33. The number of esters is 1. The number of nitrogens with zero attached hydrogens (tertiary/aromatic N) is 4. The molecule has 0 atom stereocenters. The third kappa shape index (κ3) is 4.07. The number of hydrogen-bond acceptors (Lipinski definition) is 6. The van der Waals surface area contributed by atoms with E-state index in [0.29, 0.717) is 6.54 Å². The number of carbonyl (C=O) groups excluding carboxylic acids is 2. The fraction of sp³-hybridized carbons (Fsp3) is 0.182. The lowest BCUT2D eigenvalue weighted by Gasteiger charge is -2.31. The Kier molecular flexibility index (Phi) is 5.56. The largest absolute Gasteiger partial charge is 0.463 e. The first-order valence-electron chi connectivity index (χ1n) is 9.63. The van der Waals surface area contributed by atoms with Crippen LogP contribution in [0.2, 0.25) is 0 Å². The molecular formula is C22H21N5O3. The molecule has 30 heavy (non-hydrogen) atoms. The van der Waals surface area contributed by atoms with E-state index in [4.69, 9.17) is 4.74 Å². The molecule has 2 heterocycles. The Morgan fingerprint density at radius 2 is 1.87 bits per heavy atom. The van der Waals surface area contributed by atoms with Gasteiger partial charge >= 0.3 is 5.97 Å². The van der Waals surface area contributed by atoms with Crippen molar-refractivity contribution in [1.29, 1.82) is 0 Å². The monoisotopic (exact) mass is 403 g/mol. The predicted octanol–water partition coefficient (Wildman–Crippen LogP) is 2.73. The minimum atomic E-state index is -0.566. The highest BCUT2D eigenvalue weighted by atomic mass is 16.5. The molecule has 8 nitrogen and oxygen atoms in total. The number of carbonyl (C=O) groups is 2. The highest BCUT2D eigenvalue weighted by molar-refractivity contribution is 6.14. The normalized spacial score (nSPS) is 14.4. The van der Waals surface area contributed by atoms with Crippen LogP contribution in [0.4, 0.5) is 11.4 Å². The molecule has 0 unspecified atom stereocenters. The highest BCUT2D eigenvalue weighted by Gasteiger charge is 2.29. The minimum absolute atomic E-state index is 0.161. The second kappa shape index (κ2) is 8.60. The molecule has 152 valence electrons. The molecule has 8 heteroatoms. The van der Waals surface area contributed by atoms with Gasteiger partial charge in [0.1, 0.15) is 5.70 Å². The molecule has 0 saturated heterocycles. The van der Waals surface area contributed by atoms with E-state index in [1.54, 1.807) is 22.7 Å². The number of anilines is 2. The Hall–Kier alpha value is -3.94. The van der Waals surface area contributed by atoms with Crippen LogP contribution in [0.15, 0.2) is 72.6 Å². The number of aromatic nitrogens is 3. The van der Waals surface area contributed by atoms with Gasteiger partial charge < -0.3 is 10.1 Å². The molecule has 2 aromatic carbocycles. The first-order valence-corrected chi connectivity index (χ1v) is 9.63. The number of benzene rings is 2. The van der Waals surface area contributed by atoms with Gasteiger partial charge in [-0.3, -0.25) is 9.69 Å². The molecule has 0 aliphatic carbocycles. The summed E-state index contributed by atoms with van der Waals surface area (Å²) >= 11 is 0. The molecule has 1 N–H and O–H groups in total. The van der Waals surface area contributed by atoms with E-state index in [-0.39, 0.29) is 24.8 Å². The van der Waals surface area contributed by atoms with E-state index in [1.807, 2.05) is 54.6 Å². The van der Waals surface area contributed by atoms with Crippen LogP contribution < -0.4 is 10.2 Å². The number of nitrogens with one attached hydrogen (secondary N) is 1. The second-order valence-electron chi connectivity index (χ2n) is 6.71. The molecular weight excluding hydrogens is 382 g/mol. The van der Waals surface area contributed by atoms with Crippen LogP contribution >= 0.6 is 0 Å². The third-order valence-corrected chi connectivity index (χ3v) is 4.68.